The van der Waals surface area contributed by atoms with Crippen molar-refractivity contribution in [2.75, 3.05) is 46.9 Å². The minimum Gasteiger partial charge on any atom is -0.493 e. The van der Waals surface area contributed by atoms with Crippen molar-refractivity contribution in [3.8, 4) is 11.5 Å². The van der Waals surface area contributed by atoms with Gasteiger partial charge in [0.25, 0.3) is 0 Å². The lowest BCUT2D eigenvalue weighted by molar-refractivity contribution is 0.217. The highest BCUT2D eigenvalue weighted by atomic mass is 127. The molecule has 0 aliphatic heterocycles. The second kappa shape index (κ2) is 15.8. The number of aliphatic imine (C=N–C) groups is 1. The number of benzene rings is 2. The average molecular weight is 540 g/mol. The highest BCUT2D eigenvalue weighted by molar-refractivity contribution is 14.0. The van der Waals surface area contributed by atoms with E-state index in [-0.39, 0.29) is 24.0 Å². The number of rotatable bonds is 12. The van der Waals surface area contributed by atoms with E-state index >= 15 is 0 Å². The number of ether oxygens (including phenoxy) is 2. The smallest absolute Gasteiger partial charge is 0.191 e. The molecule has 0 aromatic heterocycles. The Kier molecular flexibility index (Phi) is 13.7. The van der Waals surface area contributed by atoms with E-state index in [9.17, 15) is 0 Å². The fourth-order valence-electron chi connectivity index (χ4n) is 3.14. The van der Waals surface area contributed by atoms with Crippen LogP contribution in [0.5, 0.6) is 11.5 Å². The first kappa shape index (κ1) is 27.0. The van der Waals surface area contributed by atoms with E-state index in [2.05, 4.69) is 64.7 Å². The molecule has 0 aliphatic carbocycles. The molecule has 0 spiro atoms. The predicted octanol–water partition coefficient (Wildman–Crippen LogP) is 3.94. The van der Waals surface area contributed by atoms with Crippen LogP contribution in [0.3, 0.4) is 0 Å². The zero-order valence-electron chi connectivity index (χ0n) is 19.2. The van der Waals surface area contributed by atoms with Gasteiger partial charge in [0, 0.05) is 26.7 Å². The van der Waals surface area contributed by atoms with Gasteiger partial charge in [-0.1, -0.05) is 50.2 Å². The highest BCUT2D eigenvalue weighted by Crippen LogP contribution is 2.28. The molecule has 2 N–H and O–H groups in total. The number of nitrogens with zero attached hydrogens (tertiary/aromatic N) is 2. The Bertz CT molecular complexity index is 767. The predicted molar refractivity (Wildman–Crippen MR) is 140 cm³/mol. The third kappa shape index (κ3) is 9.78. The van der Waals surface area contributed by atoms with Gasteiger partial charge in [-0.15, -0.1) is 24.0 Å². The average Bonchev–Trinajstić information content (AvgIpc) is 2.80. The van der Waals surface area contributed by atoms with Gasteiger partial charge < -0.3 is 25.0 Å². The van der Waals surface area contributed by atoms with Crippen molar-refractivity contribution in [2.24, 2.45) is 4.99 Å². The van der Waals surface area contributed by atoms with Gasteiger partial charge in [-0.2, -0.15) is 0 Å². The summed E-state index contributed by atoms with van der Waals surface area (Å²) in [5.74, 6) is 2.31. The summed E-state index contributed by atoms with van der Waals surface area (Å²) in [4.78, 5) is 6.64. The maximum absolute atomic E-state index is 5.94. The quantitative estimate of drug-likeness (QED) is 0.243. The second-order valence-corrected chi connectivity index (χ2v) is 6.95. The highest BCUT2D eigenvalue weighted by Gasteiger charge is 2.08. The number of guanidine groups is 1. The maximum atomic E-state index is 5.94. The maximum Gasteiger partial charge on any atom is 0.191 e. The SMILES string of the molecule is CCN(CC)CCOc1ccc(CNC(=NC)NCCc2ccccc2)cc1OC.I. The summed E-state index contributed by atoms with van der Waals surface area (Å²) in [6.45, 7) is 9.42. The van der Waals surface area contributed by atoms with Crippen LogP contribution in [0.4, 0.5) is 0 Å². The summed E-state index contributed by atoms with van der Waals surface area (Å²) >= 11 is 0. The molecule has 2 aromatic carbocycles. The lowest BCUT2D eigenvalue weighted by Crippen LogP contribution is -2.37. The van der Waals surface area contributed by atoms with Crippen molar-refractivity contribution in [3.63, 3.8) is 0 Å². The molecule has 0 bridgehead atoms. The number of hydrogen-bond acceptors (Lipinski definition) is 4. The first-order valence-corrected chi connectivity index (χ1v) is 10.7. The van der Waals surface area contributed by atoms with Gasteiger partial charge in [0.1, 0.15) is 6.61 Å². The Labute approximate surface area is 204 Å². The van der Waals surface area contributed by atoms with Gasteiger partial charge in [-0.3, -0.25) is 4.99 Å². The molecule has 7 heteroatoms. The first-order valence-electron chi connectivity index (χ1n) is 10.7. The normalized spacial score (nSPS) is 11.1. The van der Waals surface area contributed by atoms with Crippen LogP contribution in [0.15, 0.2) is 53.5 Å². The van der Waals surface area contributed by atoms with Crippen molar-refractivity contribution >= 4 is 29.9 Å². The third-order valence-electron chi connectivity index (χ3n) is 5.02. The molecule has 0 radical (unpaired) electrons. The minimum absolute atomic E-state index is 0. The summed E-state index contributed by atoms with van der Waals surface area (Å²) in [6, 6.07) is 16.5. The fourth-order valence-corrected chi connectivity index (χ4v) is 3.14. The van der Waals surface area contributed by atoms with E-state index in [1.165, 1.54) is 5.56 Å². The standard InChI is InChI=1S/C24H36N4O2.HI/c1-5-28(6-2)16-17-30-22-13-12-21(18-23(22)29-4)19-27-24(25-3)26-15-14-20-10-8-7-9-11-20;/h7-13,18H,5-6,14-17,19H2,1-4H3,(H2,25,26,27);1H. The molecule has 0 unspecified atom stereocenters. The molecular formula is C24H37IN4O2. The molecule has 6 nitrogen and oxygen atoms in total. The molecule has 2 aromatic rings. The fraction of sp³-hybridized carbons (Fsp3) is 0.458. The van der Waals surface area contributed by atoms with Crippen molar-refractivity contribution in [2.45, 2.75) is 26.8 Å². The molecule has 0 aliphatic rings. The van der Waals surface area contributed by atoms with Crippen LogP contribution >= 0.6 is 24.0 Å². The van der Waals surface area contributed by atoms with Crippen LogP contribution in [0.2, 0.25) is 0 Å². The van der Waals surface area contributed by atoms with E-state index < -0.39 is 0 Å². The van der Waals surface area contributed by atoms with Crippen LogP contribution in [0, 0.1) is 0 Å². The molecule has 0 amide bonds. The van der Waals surface area contributed by atoms with Crippen molar-refractivity contribution < 1.29 is 9.47 Å². The van der Waals surface area contributed by atoms with Gasteiger partial charge in [0.15, 0.2) is 17.5 Å². The summed E-state index contributed by atoms with van der Waals surface area (Å²) in [6.07, 6.45) is 0.953. The number of nitrogens with one attached hydrogen (secondary N) is 2. The van der Waals surface area contributed by atoms with Crippen LogP contribution in [0.25, 0.3) is 0 Å². The Morgan fingerprint density at radius 2 is 1.71 bits per heavy atom. The molecule has 0 fully saturated rings. The number of halogens is 1. The van der Waals surface area contributed by atoms with E-state index in [1.807, 2.05) is 18.2 Å². The number of hydrogen-bond donors (Lipinski definition) is 2. The first-order chi connectivity index (χ1) is 14.7. The van der Waals surface area contributed by atoms with Crippen molar-refractivity contribution in [1.82, 2.24) is 15.5 Å². The second-order valence-electron chi connectivity index (χ2n) is 6.95. The molecule has 0 heterocycles. The van der Waals surface area contributed by atoms with Gasteiger partial charge >= 0.3 is 0 Å². The Morgan fingerprint density at radius 3 is 2.35 bits per heavy atom. The lowest BCUT2D eigenvalue weighted by Gasteiger charge is -2.19. The van der Waals surface area contributed by atoms with Crippen molar-refractivity contribution in [1.29, 1.82) is 0 Å². The topological polar surface area (TPSA) is 58.1 Å². The van der Waals surface area contributed by atoms with E-state index in [0.717, 1.165) is 55.6 Å². The molecule has 172 valence electrons. The zero-order chi connectivity index (χ0) is 21.6. The summed E-state index contributed by atoms with van der Waals surface area (Å²) in [5, 5.41) is 6.71. The molecule has 31 heavy (non-hydrogen) atoms. The van der Waals surface area contributed by atoms with Gasteiger partial charge in [0.05, 0.1) is 7.11 Å². The Hall–Kier alpha value is -2.00. The molecule has 0 saturated carbocycles. The monoisotopic (exact) mass is 540 g/mol. The van der Waals surface area contributed by atoms with Crippen LogP contribution in [-0.4, -0.2) is 57.8 Å². The Morgan fingerprint density at radius 1 is 0.968 bits per heavy atom. The summed E-state index contributed by atoms with van der Waals surface area (Å²) in [7, 11) is 3.46. The van der Waals surface area contributed by atoms with Crippen LogP contribution < -0.4 is 20.1 Å². The number of likely N-dealkylation sites (N-methyl/N-ethyl adjacent to an activating group) is 1. The zero-order valence-corrected chi connectivity index (χ0v) is 21.5. The van der Waals surface area contributed by atoms with Gasteiger partial charge in [-0.05, 0) is 42.8 Å². The molecule has 0 atom stereocenters. The Balaban J connectivity index is 0.00000480. The summed E-state index contributed by atoms with van der Waals surface area (Å²) < 4.78 is 11.5. The van der Waals surface area contributed by atoms with Gasteiger partial charge in [-0.25, -0.2) is 0 Å². The van der Waals surface area contributed by atoms with Gasteiger partial charge in [0.2, 0.25) is 0 Å². The molecular weight excluding hydrogens is 503 g/mol. The molecule has 0 saturated heterocycles. The largest absolute Gasteiger partial charge is 0.493 e. The third-order valence-corrected chi connectivity index (χ3v) is 5.02. The van der Waals surface area contributed by atoms with E-state index in [1.54, 1.807) is 14.2 Å². The van der Waals surface area contributed by atoms with E-state index in [0.29, 0.717) is 13.2 Å². The van der Waals surface area contributed by atoms with Crippen LogP contribution in [-0.2, 0) is 13.0 Å². The van der Waals surface area contributed by atoms with Crippen LogP contribution in [0.1, 0.15) is 25.0 Å². The minimum atomic E-state index is 0. The summed E-state index contributed by atoms with van der Waals surface area (Å²) in [5.41, 5.74) is 2.41. The molecule has 2 rings (SSSR count). The van der Waals surface area contributed by atoms with E-state index in [4.69, 9.17) is 9.47 Å². The van der Waals surface area contributed by atoms with Crippen molar-refractivity contribution in [3.05, 3.63) is 59.7 Å². The number of methoxy groups -OCH3 is 1. The lowest BCUT2D eigenvalue weighted by atomic mass is 10.1.